The molecule has 1 fully saturated rings. The maximum atomic E-state index is 8.80. The number of nitrogens with two attached hydrogens (primary N) is 1. The molecule has 1 saturated carbocycles. The molecule has 1 aliphatic carbocycles. The average Bonchev–Trinajstić information content (AvgIpc) is 3.18. The van der Waals surface area contributed by atoms with Crippen LogP contribution in [0.2, 0.25) is 0 Å². The van der Waals surface area contributed by atoms with Crippen molar-refractivity contribution in [2.24, 2.45) is 0 Å². The molecular weight excluding hydrogens is 226 g/mol. The zero-order chi connectivity index (χ0) is 13.0. The summed E-state index contributed by atoms with van der Waals surface area (Å²) in [5.41, 5.74) is 8.63. The lowest BCUT2D eigenvalue weighted by atomic mass is 10.1. The maximum absolute atomic E-state index is 8.80. The summed E-state index contributed by atoms with van der Waals surface area (Å²) in [6.07, 6.45) is 2.84. The molecule has 0 spiro atoms. The smallest absolute Gasteiger partial charge is 0.0670 e. The summed E-state index contributed by atoms with van der Waals surface area (Å²) in [6.45, 7) is 1.60. The standard InChI is InChI=1S/C14H19N3O/c1-18-9-8-17(12-2-3-12)13-4-5-14(16)11(10-13)6-7-15/h4-5,10,12H,2-3,6,8-9,16H2,1H3. The van der Waals surface area contributed by atoms with Gasteiger partial charge in [0.2, 0.25) is 0 Å². The van der Waals surface area contributed by atoms with Crippen LogP contribution in [0.5, 0.6) is 0 Å². The van der Waals surface area contributed by atoms with E-state index in [1.54, 1.807) is 7.11 Å². The molecule has 0 amide bonds. The molecule has 0 aliphatic heterocycles. The van der Waals surface area contributed by atoms with E-state index >= 15 is 0 Å². The van der Waals surface area contributed by atoms with Crippen molar-refractivity contribution >= 4 is 11.4 Å². The second-order valence-electron chi connectivity index (χ2n) is 4.64. The predicted octanol–water partition coefficient (Wildman–Crippen LogP) is 1.95. The predicted molar refractivity (Wildman–Crippen MR) is 72.4 cm³/mol. The first-order valence-electron chi connectivity index (χ1n) is 6.27. The Labute approximate surface area is 108 Å². The van der Waals surface area contributed by atoms with Crippen molar-refractivity contribution in [3.63, 3.8) is 0 Å². The van der Waals surface area contributed by atoms with Crippen LogP contribution in [0, 0.1) is 11.3 Å². The molecule has 0 saturated heterocycles. The molecule has 0 unspecified atom stereocenters. The molecule has 96 valence electrons. The van der Waals surface area contributed by atoms with Gasteiger partial charge in [0.25, 0.3) is 0 Å². The molecule has 2 N–H and O–H groups in total. The Bertz CT molecular complexity index is 449. The number of hydrogen-bond acceptors (Lipinski definition) is 4. The van der Waals surface area contributed by atoms with E-state index in [-0.39, 0.29) is 0 Å². The second-order valence-corrected chi connectivity index (χ2v) is 4.64. The van der Waals surface area contributed by atoms with Gasteiger partial charge < -0.3 is 15.4 Å². The third-order valence-electron chi connectivity index (χ3n) is 3.25. The van der Waals surface area contributed by atoms with Gasteiger partial charge in [-0.05, 0) is 36.6 Å². The minimum absolute atomic E-state index is 0.364. The Balaban J connectivity index is 2.19. The zero-order valence-corrected chi connectivity index (χ0v) is 10.7. The summed E-state index contributed by atoms with van der Waals surface area (Å²) in [6, 6.07) is 8.74. The van der Waals surface area contributed by atoms with E-state index in [0.717, 1.165) is 17.8 Å². The lowest BCUT2D eigenvalue weighted by Gasteiger charge is -2.25. The Kier molecular flexibility index (Phi) is 4.06. The molecule has 0 atom stereocenters. The van der Waals surface area contributed by atoms with E-state index in [1.807, 2.05) is 18.2 Å². The number of benzene rings is 1. The molecule has 1 aliphatic rings. The number of anilines is 2. The fourth-order valence-electron chi connectivity index (χ4n) is 2.11. The number of rotatable bonds is 6. The minimum atomic E-state index is 0.364. The molecule has 0 bridgehead atoms. The highest BCUT2D eigenvalue weighted by Crippen LogP contribution is 2.32. The summed E-state index contributed by atoms with van der Waals surface area (Å²) in [7, 11) is 1.72. The SMILES string of the molecule is COCCN(c1ccc(N)c(CC#N)c1)C1CC1. The van der Waals surface area contributed by atoms with Gasteiger partial charge in [0.05, 0.1) is 19.1 Å². The molecule has 4 heteroatoms. The lowest BCUT2D eigenvalue weighted by molar-refractivity contribution is 0.205. The van der Waals surface area contributed by atoms with Crippen LogP contribution in [0.1, 0.15) is 18.4 Å². The summed E-state index contributed by atoms with van der Waals surface area (Å²) in [4.78, 5) is 2.35. The van der Waals surface area contributed by atoms with E-state index in [0.29, 0.717) is 24.8 Å². The van der Waals surface area contributed by atoms with Crippen molar-refractivity contribution in [3.05, 3.63) is 23.8 Å². The van der Waals surface area contributed by atoms with Gasteiger partial charge in [0.1, 0.15) is 0 Å². The number of hydrogen-bond donors (Lipinski definition) is 1. The van der Waals surface area contributed by atoms with Gasteiger partial charge in [-0.2, -0.15) is 5.26 Å². The van der Waals surface area contributed by atoms with E-state index in [9.17, 15) is 0 Å². The van der Waals surface area contributed by atoms with Crippen LogP contribution in [0.4, 0.5) is 11.4 Å². The zero-order valence-electron chi connectivity index (χ0n) is 10.7. The van der Waals surface area contributed by atoms with E-state index in [2.05, 4.69) is 11.0 Å². The molecule has 0 radical (unpaired) electrons. The molecule has 1 aromatic carbocycles. The highest BCUT2D eigenvalue weighted by molar-refractivity contribution is 5.60. The fourth-order valence-corrected chi connectivity index (χ4v) is 2.11. The first-order valence-corrected chi connectivity index (χ1v) is 6.27. The van der Waals surface area contributed by atoms with E-state index < -0.39 is 0 Å². The van der Waals surface area contributed by atoms with Crippen LogP contribution < -0.4 is 10.6 Å². The number of methoxy groups -OCH3 is 1. The lowest BCUT2D eigenvalue weighted by Crippen LogP contribution is -2.29. The van der Waals surface area contributed by atoms with Gasteiger partial charge in [0, 0.05) is 31.1 Å². The average molecular weight is 245 g/mol. The van der Waals surface area contributed by atoms with Crippen molar-refractivity contribution in [2.75, 3.05) is 30.9 Å². The number of nitrogens with zero attached hydrogens (tertiary/aromatic N) is 2. The van der Waals surface area contributed by atoms with Gasteiger partial charge in [-0.25, -0.2) is 0 Å². The van der Waals surface area contributed by atoms with Crippen LogP contribution in [-0.4, -0.2) is 26.3 Å². The van der Waals surface area contributed by atoms with Crippen molar-refractivity contribution < 1.29 is 4.74 Å². The third kappa shape index (κ3) is 2.93. The maximum Gasteiger partial charge on any atom is 0.0670 e. The molecule has 18 heavy (non-hydrogen) atoms. The van der Waals surface area contributed by atoms with Gasteiger partial charge in [-0.1, -0.05) is 0 Å². The van der Waals surface area contributed by atoms with Crippen LogP contribution in [-0.2, 0) is 11.2 Å². The van der Waals surface area contributed by atoms with Gasteiger partial charge in [0.15, 0.2) is 0 Å². The first-order chi connectivity index (χ1) is 8.76. The molecule has 2 rings (SSSR count). The largest absolute Gasteiger partial charge is 0.398 e. The summed E-state index contributed by atoms with van der Waals surface area (Å²) >= 11 is 0. The first kappa shape index (κ1) is 12.7. The van der Waals surface area contributed by atoms with Crippen molar-refractivity contribution in [1.29, 1.82) is 5.26 Å². The molecular formula is C14H19N3O. The summed E-state index contributed by atoms with van der Waals surface area (Å²) < 4.78 is 5.15. The van der Waals surface area contributed by atoms with Crippen LogP contribution in [0.25, 0.3) is 0 Å². The summed E-state index contributed by atoms with van der Waals surface area (Å²) in [5.74, 6) is 0. The Hall–Kier alpha value is -1.73. The Morgan fingerprint density at radius 3 is 2.89 bits per heavy atom. The van der Waals surface area contributed by atoms with Crippen molar-refractivity contribution in [3.8, 4) is 6.07 Å². The number of nitriles is 1. The van der Waals surface area contributed by atoms with E-state index in [4.69, 9.17) is 15.7 Å². The van der Waals surface area contributed by atoms with Crippen molar-refractivity contribution in [2.45, 2.75) is 25.3 Å². The quantitative estimate of drug-likeness (QED) is 0.778. The Morgan fingerprint density at radius 1 is 1.50 bits per heavy atom. The molecule has 1 aromatic rings. The minimum Gasteiger partial charge on any atom is -0.398 e. The number of ether oxygens (including phenoxy) is 1. The van der Waals surface area contributed by atoms with Gasteiger partial charge in [-0.3, -0.25) is 0 Å². The second kappa shape index (κ2) is 5.74. The third-order valence-corrected chi connectivity index (χ3v) is 3.25. The highest BCUT2D eigenvalue weighted by Gasteiger charge is 2.29. The normalized spacial score (nSPS) is 14.2. The van der Waals surface area contributed by atoms with Gasteiger partial charge in [-0.15, -0.1) is 0 Å². The summed E-state index contributed by atoms with van der Waals surface area (Å²) in [5, 5.41) is 8.80. The molecule has 4 nitrogen and oxygen atoms in total. The molecule has 0 aromatic heterocycles. The van der Waals surface area contributed by atoms with Gasteiger partial charge >= 0.3 is 0 Å². The monoisotopic (exact) mass is 245 g/mol. The topological polar surface area (TPSA) is 62.3 Å². The van der Waals surface area contributed by atoms with Crippen LogP contribution >= 0.6 is 0 Å². The number of nitrogen functional groups attached to an aromatic ring is 1. The van der Waals surface area contributed by atoms with E-state index in [1.165, 1.54) is 12.8 Å². The molecule has 0 heterocycles. The van der Waals surface area contributed by atoms with Crippen LogP contribution in [0.3, 0.4) is 0 Å². The van der Waals surface area contributed by atoms with Crippen molar-refractivity contribution in [1.82, 2.24) is 0 Å². The fraction of sp³-hybridized carbons (Fsp3) is 0.500. The highest BCUT2D eigenvalue weighted by atomic mass is 16.5. The van der Waals surface area contributed by atoms with Crippen LogP contribution in [0.15, 0.2) is 18.2 Å². The Morgan fingerprint density at radius 2 is 2.28 bits per heavy atom.